The molecule has 0 amide bonds. The minimum absolute atomic E-state index is 0.245. The molecule has 0 aromatic heterocycles. The Morgan fingerprint density at radius 2 is 1.79 bits per heavy atom. The van der Waals surface area contributed by atoms with Crippen molar-refractivity contribution in [1.29, 1.82) is 0 Å². The molecule has 6 heteroatoms. The Balaban J connectivity index is 2.10. The Labute approximate surface area is 113 Å². The van der Waals surface area contributed by atoms with Crippen molar-refractivity contribution in [1.82, 2.24) is 10.2 Å². The monoisotopic (exact) mass is 282 g/mol. The minimum atomic E-state index is -4.01. The maximum Gasteiger partial charge on any atom is 0.391 e. The van der Waals surface area contributed by atoms with Gasteiger partial charge in [0.2, 0.25) is 0 Å². The third-order valence-corrected chi connectivity index (χ3v) is 3.79. The Kier molecular flexibility index (Phi) is 7.10. The summed E-state index contributed by atoms with van der Waals surface area (Å²) in [5.74, 6) is -1.09. The molecule has 0 bridgehead atoms. The van der Waals surface area contributed by atoms with Crippen LogP contribution in [0.3, 0.4) is 0 Å². The van der Waals surface area contributed by atoms with Crippen LogP contribution >= 0.6 is 0 Å². The van der Waals surface area contributed by atoms with Crippen LogP contribution in [0, 0.1) is 5.92 Å². The second-order valence-electron chi connectivity index (χ2n) is 5.34. The lowest BCUT2D eigenvalue weighted by Gasteiger charge is -2.30. The zero-order valence-electron chi connectivity index (χ0n) is 11.8. The first-order valence-corrected chi connectivity index (χ1v) is 6.91. The van der Waals surface area contributed by atoms with E-state index in [2.05, 4.69) is 10.2 Å². The van der Waals surface area contributed by atoms with Gasteiger partial charge < -0.3 is 15.0 Å². The molecule has 1 aliphatic carbocycles. The highest BCUT2D eigenvalue weighted by atomic mass is 19.4. The van der Waals surface area contributed by atoms with Crippen LogP contribution < -0.4 is 5.32 Å². The van der Waals surface area contributed by atoms with Crippen molar-refractivity contribution >= 4 is 0 Å². The van der Waals surface area contributed by atoms with E-state index in [-0.39, 0.29) is 18.9 Å². The van der Waals surface area contributed by atoms with Gasteiger partial charge in [0, 0.05) is 32.8 Å². The maximum absolute atomic E-state index is 12.5. The third-order valence-electron chi connectivity index (χ3n) is 3.79. The van der Waals surface area contributed by atoms with Gasteiger partial charge in [-0.3, -0.25) is 0 Å². The molecule has 0 saturated heterocycles. The van der Waals surface area contributed by atoms with Crippen molar-refractivity contribution in [2.24, 2.45) is 5.92 Å². The van der Waals surface area contributed by atoms with E-state index in [9.17, 15) is 13.2 Å². The number of hydrogen-bond acceptors (Lipinski definition) is 3. The molecule has 0 unspecified atom stereocenters. The molecular weight excluding hydrogens is 257 g/mol. The number of hydrogen-bond donors (Lipinski definition) is 1. The lowest BCUT2D eigenvalue weighted by atomic mass is 9.85. The summed E-state index contributed by atoms with van der Waals surface area (Å²) < 4.78 is 42.5. The van der Waals surface area contributed by atoms with Crippen molar-refractivity contribution in [3.63, 3.8) is 0 Å². The van der Waals surface area contributed by atoms with Gasteiger partial charge in [0.1, 0.15) is 0 Å². The fourth-order valence-electron chi connectivity index (χ4n) is 2.44. The molecule has 0 aromatic rings. The van der Waals surface area contributed by atoms with Gasteiger partial charge in [-0.2, -0.15) is 13.2 Å². The summed E-state index contributed by atoms with van der Waals surface area (Å²) in [6.45, 7) is 3.29. The molecule has 1 aliphatic rings. The van der Waals surface area contributed by atoms with Gasteiger partial charge in [-0.1, -0.05) is 0 Å². The molecular formula is C13H25F3N2O. The molecule has 1 N–H and O–H groups in total. The second-order valence-corrected chi connectivity index (χ2v) is 5.34. The van der Waals surface area contributed by atoms with Crippen molar-refractivity contribution < 1.29 is 17.9 Å². The van der Waals surface area contributed by atoms with Crippen molar-refractivity contribution in [3.8, 4) is 0 Å². The van der Waals surface area contributed by atoms with Gasteiger partial charge in [0.25, 0.3) is 0 Å². The number of halogens is 3. The molecule has 0 aliphatic heterocycles. The molecule has 0 heterocycles. The van der Waals surface area contributed by atoms with E-state index in [1.54, 1.807) is 7.11 Å². The zero-order valence-corrected chi connectivity index (χ0v) is 11.8. The molecule has 0 spiro atoms. The first-order valence-electron chi connectivity index (χ1n) is 6.91. The summed E-state index contributed by atoms with van der Waals surface area (Å²) in [6, 6.07) is 0.245. The first kappa shape index (κ1) is 16.7. The molecule has 3 nitrogen and oxygen atoms in total. The number of alkyl halides is 3. The third kappa shape index (κ3) is 6.58. The highest BCUT2D eigenvalue weighted by Gasteiger charge is 2.41. The van der Waals surface area contributed by atoms with Gasteiger partial charge in [-0.15, -0.1) is 0 Å². The van der Waals surface area contributed by atoms with Crippen LogP contribution in [0.15, 0.2) is 0 Å². The van der Waals surface area contributed by atoms with Crippen LogP contribution in [0.5, 0.6) is 0 Å². The highest BCUT2D eigenvalue weighted by molar-refractivity contribution is 4.80. The van der Waals surface area contributed by atoms with Crippen LogP contribution in [0.2, 0.25) is 0 Å². The average Bonchev–Trinajstić information content (AvgIpc) is 2.36. The maximum atomic E-state index is 12.5. The Bertz CT molecular complexity index is 241. The summed E-state index contributed by atoms with van der Waals surface area (Å²) >= 11 is 0. The van der Waals surface area contributed by atoms with E-state index >= 15 is 0 Å². The van der Waals surface area contributed by atoms with Gasteiger partial charge in [-0.05, 0) is 32.7 Å². The lowest BCUT2D eigenvalue weighted by molar-refractivity contribution is -0.182. The number of ether oxygens (including phenoxy) is 1. The quantitative estimate of drug-likeness (QED) is 0.775. The summed E-state index contributed by atoms with van der Waals surface area (Å²) in [5.41, 5.74) is 0. The Morgan fingerprint density at radius 1 is 1.16 bits per heavy atom. The standard InChI is InChI=1S/C13H25F3N2O/c1-18(9-10-19-2)8-7-17-12-5-3-11(4-6-12)13(14,15)16/h11-12,17H,3-10H2,1-2H3. The highest BCUT2D eigenvalue weighted by Crippen LogP contribution is 2.37. The number of rotatable bonds is 7. The molecule has 1 fully saturated rings. The van der Waals surface area contributed by atoms with Crippen molar-refractivity contribution in [2.45, 2.75) is 37.9 Å². The van der Waals surface area contributed by atoms with Crippen LogP contribution in [-0.4, -0.2) is 57.5 Å². The van der Waals surface area contributed by atoms with Crippen LogP contribution in [-0.2, 0) is 4.74 Å². The van der Waals surface area contributed by atoms with E-state index in [1.807, 2.05) is 7.05 Å². The number of likely N-dealkylation sites (N-methyl/N-ethyl adjacent to an activating group) is 1. The largest absolute Gasteiger partial charge is 0.391 e. The van der Waals surface area contributed by atoms with Gasteiger partial charge in [0.05, 0.1) is 12.5 Å². The SMILES string of the molecule is COCCN(C)CCNC1CCC(C(F)(F)F)CC1. The molecule has 0 aromatic carbocycles. The number of methoxy groups -OCH3 is 1. The molecule has 1 saturated carbocycles. The first-order chi connectivity index (χ1) is 8.93. The summed E-state index contributed by atoms with van der Waals surface area (Å²) in [5, 5.41) is 3.35. The fraction of sp³-hybridized carbons (Fsp3) is 1.00. The van der Waals surface area contributed by atoms with Crippen LogP contribution in [0.4, 0.5) is 13.2 Å². The molecule has 19 heavy (non-hydrogen) atoms. The molecule has 0 radical (unpaired) electrons. The van der Waals surface area contributed by atoms with Crippen molar-refractivity contribution in [3.05, 3.63) is 0 Å². The molecule has 1 rings (SSSR count). The van der Waals surface area contributed by atoms with Crippen molar-refractivity contribution in [2.75, 3.05) is 40.4 Å². The molecule has 114 valence electrons. The topological polar surface area (TPSA) is 24.5 Å². The van der Waals surface area contributed by atoms with Gasteiger partial charge >= 0.3 is 6.18 Å². The summed E-state index contributed by atoms with van der Waals surface area (Å²) in [7, 11) is 3.69. The number of nitrogens with zero attached hydrogens (tertiary/aromatic N) is 1. The van der Waals surface area contributed by atoms with E-state index < -0.39 is 12.1 Å². The normalized spacial score (nSPS) is 24.9. The predicted molar refractivity (Wildman–Crippen MR) is 69.2 cm³/mol. The lowest BCUT2D eigenvalue weighted by Crippen LogP contribution is -2.40. The fourth-order valence-corrected chi connectivity index (χ4v) is 2.44. The summed E-state index contributed by atoms with van der Waals surface area (Å²) in [4.78, 5) is 2.15. The number of nitrogens with one attached hydrogen (secondary N) is 1. The molecule has 0 atom stereocenters. The van der Waals surface area contributed by atoms with Crippen LogP contribution in [0.25, 0.3) is 0 Å². The average molecular weight is 282 g/mol. The van der Waals surface area contributed by atoms with E-state index in [4.69, 9.17) is 4.74 Å². The van der Waals surface area contributed by atoms with E-state index in [0.717, 1.165) is 19.6 Å². The smallest absolute Gasteiger partial charge is 0.383 e. The van der Waals surface area contributed by atoms with Gasteiger partial charge in [-0.25, -0.2) is 0 Å². The predicted octanol–water partition coefficient (Wildman–Crippen LogP) is 2.28. The summed E-state index contributed by atoms with van der Waals surface area (Å²) in [6.07, 6.45) is -2.22. The minimum Gasteiger partial charge on any atom is -0.383 e. The Hall–Kier alpha value is -0.330. The van der Waals surface area contributed by atoms with Gasteiger partial charge in [0.15, 0.2) is 0 Å². The van der Waals surface area contributed by atoms with E-state index in [1.165, 1.54) is 0 Å². The van der Waals surface area contributed by atoms with E-state index in [0.29, 0.717) is 19.4 Å². The second kappa shape index (κ2) is 8.07. The van der Waals surface area contributed by atoms with Crippen LogP contribution in [0.1, 0.15) is 25.7 Å². The zero-order chi connectivity index (χ0) is 14.3. The Morgan fingerprint density at radius 3 is 2.32 bits per heavy atom.